The fourth-order valence-corrected chi connectivity index (χ4v) is 1.91. The van der Waals surface area contributed by atoms with E-state index in [2.05, 4.69) is 0 Å². The van der Waals surface area contributed by atoms with E-state index in [1.807, 2.05) is 56.3 Å². The minimum atomic E-state index is -0.200. The van der Waals surface area contributed by atoms with Crippen LogP contribution in [0.4, 0.5) is 0 Å². The van der Waals surface area contributed by atoms with E-state index in [1.165, 1.54) is 0 Å². The number of nitrogens with two attached hydrogens (primary N) is 1. The van der Waals surface area contributed by atoms with Crippen LogP contribution in [-0.2, 0) is 4.74 Å². The highest BCUT2D eigenvalue weighted by molar-refractivity contribution is 5.17. The number of rotatable bonds is 5. The van der Waals surface area contributed by atoms with Gasteiger partial charge in [-0.3, -0.25) is 0 Å². The van der Waals surface area contributed by atoms with Gasteiger partial charge in [0.05, 0.1) is 6.10 Å². The van der Waals surface area contributed by atoms with Crippen LogP contribution < -0.4 is 5.73 Å². The predicted octanol–water partition coefficient (Wildman–Crippen LogP) is 3.37. The maximum Gasteiger partial charge on any atom is 0.134 e. The molecular formula is C15H19NO2. The van der Waals surface area contributed by atoms with Crippen LogP contribution in [0.3, 0.4) is 0 Å². The summed E-state index contributed by atoms with van der Waals surface area (Å²) in [6.45, 7) is 4.34. The van der Waals surface area contributed by atoms with E-state index in [1.54, 1.807) is 0 Å². The number of hydrogen-bond acceptors (Lipinski definition) is 3. The van der Waals surface area contributed by atoms with Gasteiger partial charge in [-0.1, -0.05) is 30.3 Å². The highest BCUT2D eigenvalue weighted by Gasteiger charge is 2.18. The third-order valence-electron chi connectivity index (χ3n) is 2.93. The molecule has 0 aliphatic carbocycles. The number of ether oxygens (including phenoxy) is 1. The van der Waals surface area contributed by atoms with E-state index in [0.717, 1.165) is 17.1 Å². The first kappa shape index (κ1) is 12.9. The third kappa shape index (κ3) is 3.00. The molecule has 0 fully saturated rings. The first-order valence-electron chi connectivity index (χ1n) is 6.17. The van der Waals surface area contributed by atoms with Gasteiger partial charge in [0, 0.05) is 6.54 Å². The zero-order valence-corrected chi connectivity index (χ0v) is 10.8. The highest BCUT2D eigenvalue weighted by atomic mass is 16.5. The number of benzene rings is 1. The summed E-state index contributed by atoms with van der Waals surface area (Å²) in [5, 5.41) is 0. The molecule has 2 rings (SSSR count). The second-order valence-corrected chi connectivity index (χ2v) is 4.36. The fourth-order valence-electron chi connectivity index (χ4n) is 1.91. The molecule has 2 N–H and O–H groups in total. The fraction of sp³-hybridized carbons (Fsp3) is 0.333. The van der Waals surface area contributed by atoms with Crippen molar-refractivity contribution in [1.29, 1.82) is 0 Å². The Bertz CT molecular complexity index is 478. The maximum absolute atomic E-state index is 5.97. The SMILES string of the molecule is Cc1ccc(C(CN)OC(C)c2ccccc2)o1. The summed E-state index contributed by atoms with van der Waals surface area (Å²) in [5.74, 6) is 1.66. The second-order valence-electron chi connectivity index (χ2n) is 4.36. The summed E-state index contributed by atoms with van der Waals surface area (Å²) < 4.78 is 11.5. The van der Waals surface area contributed by atoms with Crippen LogP contribution in [0.1, 0.15) is 36.2 Å². The molecule has 1 aromatic heterocycles. The van der Waals surface area contributed by atoms with Crippen molar-refractivity contribution >= 4 is 0 Å². The zero-order chi connectivity index (χ0) is 13.0. The lowest BCUT2D eigenvalue weighted by Gasteiger charge is -2.20. The van der Waals surface area contributed by atoms with Gasteiger partial charge in [0.1, 0.15) is 17.6 Å². The largest absolute Gasteiger partial charge is 0.464 e. The zero-order valence-electron chi connectivity index (χ0n) is 10.8. The van der Waals surface area contributed by atoms with E-state index in [-0.39, 0.29) is 12.2 Å². The quantitative estimate of drug-likeness (QED) is 0.878. The van der Waals surface area contributed by atoms with Gasteiger partial charge in [0.2, 0.25) is 0 Å². The van der Waals surface area contributed by atoms with E-state index < -0.39 is 0 Å². The van der Waals surface area contributed by atoms with Crippen molar-refractivity contribution in [2.24, 2.45) is 5.73 Å². The number of aryl methyl sites for hydroxylation is 1. The number of hydrogen-bond donors (Lipinski definition) is 1. The van der Waals surface area contributed by atoms with Crippen LogP contribution in [-0.4, -0.2) is 6.54 Å². The Morgan fingerprint density at radius 1 is 1.17 bits per heavy atom. The van der Waals surface area contributed by atoms with Gasteiger partial charge in [-0.15, -0.1) is 0 Å². The molecule has 0 amide bonds. The van der Waals surface area contributed by atoms with E-state index in [0.29, 0.717) is 6.54 Å². The van der Waals surface area contributed by atoms with Crippen molar-refractivity contribution in [1.82, 2.24) is 0 Å². The second kappa shape index (κ2) is 5.85. The molecule has 2 aromatic rings. The molecular weight excluding hydrogens is 226 g/mol. The Morgan fingerprint density at radius 2 is 1.89 bits per heavy atom. The molecule has 0 radical (unpaired) electrons. The Labute approximate surface area is 108 Å². The van der Waals surface area contributed by atoms with Crippen LogP contribution in [0.25, 0.3) is 0 Å². The highest BCUT2D eigenvalue weighted by Crippen LogP contribution is 2.26. The summed E-state index contributed by atoms with van der Waals surface area (Å²) in [4.78, 5) is 0. The Hall–Kier alpha value is -1.58. The average molecular weight is 245 g/mol. The molecule has 0 bridgehead atoms. The predicted molar refractivity (Wildman–Crippen MR) is 71.2 cm³/mol. The van der Waals surface area contributed by atoms with E-state index >= 15 is 0 Å². The van der Waals surface area contributed by atoms with Crippen LogP contribution in [0.2, 0.25) is 0 Å². The van der Waals surface area contributed by atoms with Crippen molar-refractivity contribution in [3.8, 4) is 0 Å². The Kier molecular flexibility index (Phi) is 4.18. The molecule has 3 heteroatoms. The summed E-state index contributed by atoms with van der Waals surface area (Å²) >= 11 is 0. The van der Waals surface area contributed by atoms with Crippen molar-refractivity contribution in [2.75, 3.05) is 6.54 Å². The summed E-state index contributed by atoms with van der Waals surface area (Å²) in [7, 11) is 0. The van der Waals surface area contributed by atoms with Crippen LogP contribution >= 0.6 is 0 Å². The van der Waals surface area contributed by atoms with Crippen molar-refractivity contribution in [3.63, 3.8) is 0 Å². The van der Waals surface area contributed by atoms with E-state index in [9.17, 15) is 0 Å². The van der Waals surface area contributed by atoms with Gasteiger partial charge >= 0.3 is 0 Å². The number of furan rings is 1. The molecule has 2 unspecified atom stereocenters. The molecule has 18 heavy (non-hydrogen) atoms. The van der Waals surface area contributed by atoms with Gasteiger partial charge in [0.15, 0.2) is 0 Å². The van der Waals surface area contributed by atoms with E-state index in [4.69, 9.17) is 14.9 Å². The average Bonchev–Trinajstić information content (AvgIpc) is 2.83. The molecule has 96 valence electrons. The third-order valence-corrected chi connectivity index (χ3v) is 2.93. The molecule has 0 saturated carbocycles. The normalized spacial score (nSPS) is 14.4. The summed E-state index contributed by atoms with van der Waals surface area (Å²) in [5.41, 5.74) is 6.89. The standard InChI is InChI=1S/C15H19NO2/c1-11-8-9-14(17-11)15(10-16)18-12(2)13-6-4-3-5-7-13/h3-9,12,15H,10,16H2,1-2H3. The molecule has 0 aliphatic heterocycles. The molecule has 2 atom stereocenters. The van der Waals surface area contributed by atoms with Gasteiger partial charge in [0.25, 0.3) is 0 Å². The Balaban J connectivity index is 2.07. The lowest BCUT2D eigenvalue weighted by atomic mass is 10.1. The van der Waals surface area contributed by atoms with Crippen LogP contribution in [0.15, 0.2) is 46.9 Å². The lowest BCUT2D eigenvalue weighted by Crippen LogP contribution is -2.17. The summed E-state index contributed by atoms with van der Waals surface area (Å²) in [6, 6.07) is 13.9. The van der Waals surface area contributed by atoms with Crippen molar-refractivity contribution in [2.45, 2.75) is 26.1 Å². The van der Waals surface area contributed by atoms with Gasteiger partial charge in [-0.05, 0) is 31.5 Å². The van der Waals surface area contributed by atoms with Crippen molar-refractivity contribution in [3.05, 3.63) is 59.5 Å². The Morgan fingerprint density at radius 3 is 2.44 bits per heavy atom. The molecule has 0 saturated heterocycles. The van der Waals surface area contributed by atoms with Gasteiger partial charge in [-0.2, -0.15) is 0 Å². The monoisotopic (exact) mass is 245 g/mol. The first-order chi connectivity index (χ1) is 8.70. The summed E-state index contributed by atoms with van der Waals surface area (Å²) in [6.07, 6.45) is -0.209. The van der Waals surface area contributed by atoms with Crippen LogP contribution in [0, 0.1) is 6.92 Å². The first-order valence-corrected chi connectivity index (χ1v) is 6.17. The van der Waals surface area contributed by atoms with Crippen LogP contribution in [0.5, 0.6) is 0 Å². The molecule has 1 heterocycles. The molecule has 0 spiro atoms. The molecule has 1 aromatic carbocycles. The van der Waals surface area contributed by atoms with Gasteiger partial charge < -0.3 is 14.9 Å². The topological polar surface area (TPSA) is 48.4 Å². The maximum atomic E-state index is 5.97. The minimum absolute atomic E-state index is 0.00911. The molecule has 0 aliphatic rings. The molecule has 3 nitrogen and oxygen atoms in total. The van der Waals surface area contributed by atoms with Crippen molar-refractivity contribution < 1.29 is 9.15 Å². The van der Waals surface area contributed by atoms with Gasteiger partial charge in [-0.25, -0.2) is 0 Å². The lowest BCUT2D eigenvalue weighted by molar-refractivity contribution is -0.0114. The smallest absolute Gasteiger partial charge is 0.134 e. The minimum Gasteiger partial charge on any atom is -0.464 e.